The van der Waals surface area contributed by atoms with E-state index in [1.165, 1.54) is 10.6 Å². The summed E-state index contributed by atoms with van der Waals surface area (Å²) in [7, 11) is 0. The average Bonchev–Trinajstić information content (AvgIpc) is 3.41. The fourth-order valence-electron chi connectivity index (χ4n) is 2.95. The standard InChI is InChI=1S/C17H23BrN4O3/c1-12(17(25)19-14-3-4-14)20-6-8-21(9-7-20)16(24)11-22-10-13(18)2-5-15(22)23/h2,5,10,12,14H,3-4,6-9,11H2,1H3,(H,19,25). The van der Waals surface area contributed by atoms with Gasteiger partial charge in [0.05, 0.1) is 6.04 Å². The molecule has 1 saturated heterocycles. The van der Waals surface area contributed by atoms with Crippen LogP contribution in [0, 0.1) is 0 Å². The van der Waals surface area contributed by atoms with E-state index in [1.807, 2.05) is 6.92 Å². The highest BCUT2D eigenvalue weighted by Crippen LogP contribution is 2.19. The Morgan fingerprint density at radius 1 is 1.24 bits per heavy atom. The quantitative estimate of drug-likeness (QED) is 0.763. The lowest BCUT2D eigenvalue weighted by molar-refractivity contribution is -0.134. The van der Waals surface area contributed by atoms with Crippen LogP contribution in [0.3, 0.4) is 0 Å². The fourth-order valence-corrected chi connectivity index (χ4v) is 3.32. The van der Waals surface area contributed by atoms with Gasteiger partial charge in [0.15, 0.2) is 0 Å². The average molecular weight is 411 g/mol. The summed E-state index contributed by atoms with van der Waals surface area (Å²) in [5.41, 5.74) is -0.194. The van der Waals surface area contributed by atoms with Crippen LogP contribution < -0.4 is 10.9 Å². The highest BCUT2D eigenvalue weighted by Gasteiger charge is 2.30. The number of rotatable bonds is 5. The lowest BCUT2D eigenvalue weighted by Gasteiger charge is -2.37. The van der Waals surface area contributed by atoms with Gasteiger partial charge in [0.25, 0.3) is 5.56 Å². The predicted molar refractivity (Wildman–Crippen MR) is 97.2 cm³/mol. The number of halogens is 1. The van der Waals surface area contributed by atoms with Gasteiger partial charge >= 0.3 is 0 Å². The van der Waals surface area contributed by atoms with Crippen LogP contribution in [0.1, 0.15) is 19.8 Å². The third kappa shape index (κ3) is 4.70. The molecule has 25 heavy (non-hydrogen) atoms. The maximum atomic E-state index is 12.4. The molecule has 1 unspecified atom stereocenters. The van der Waals surface area contributed by atoms with Crippen molar-refractivity contribution in [2.75, 3.05) is 26.2 Å². The number of piperazine rings is 1. The van der Waals surface area contributed by atoms with Crippen molar-refractivity contribution in [1.29, 1.82) is 0 Å². The Labute approximate surface area is 155 Å². The van der Waals surface area contributed by atoms with Gasteiger partial charge in [-0.05, 0) is 41.8 Å². The number of nitrogens with zero attached hydrogens (tertiary/aromatic N) is 3. The Kier molecular flexibility index (Phi) is 5.58. The summed E-state index contributed by atoms with van der Waals surface area (Å²) >= 11 is 3.31. The Balaban J connectivity index is 1.51. The van der Waals surface area contributed by atoms with Crippen LogP contribution in [-0.2, 0) is 16.1 Å². The van der Waals surface area contributed by atoms with E-state index in [2.05, 4.69) is 26.1 Å². The molecular weight excluding hydrogens is 388 g/mol. The largest absolute Gasteiger partial charge is 0.352 e. The molecule has 8 heteroatoms. The van der Waals surface area contributed by atoms with E-state index in [9.17, 15) is 14.4 Å². The van der Waals surface area contributed by atoms with Crippen LogP contribution in [0.25, 0.3) is 0 Å². The van der Waals surface area contributed by atoms with Crippen molar-refractivity contribution in [3.8, 4) is 0 Å². The first-order chi connectivity index (χ1) is 11.9. The molecule has 0 radical (unpaired) electrons. The number of pyridine rings is 1. The lowest BCUT2D eigenvalue weighted by Crippen LogP contribution is -2.55. The van der Waals surface area contributed by atoms with Gasteiger partial charge in [0, 0.05) is 49.0 Å². The van der Waals surface area contributed by atoms with Gasteiger partial charge in [-0.3, -0.25) is 19.3 Å². The van der Waals surface area contributed by atoms with Gasteiger partial charge in [0.2, 0.25) is 11.8 Å². The van der Waals surface area contributed by atoms with Crippen LogP contribution in [0.5, 0.6) is 0 Å². The van der Waals surface area contributed by atoms with E-state index in [0.29, 0.717) is 32.2 Å². The molecule has 0 spiro atoms. The van der Waals surface area contributed by atoms with Crippen molar-refractivity contribution in [3.63, 3.8) is 0 Å². The van der Waals surface area contributed by atoms with E-state index >= 15 is 0 Å². The Morgan fingerprint density at radius 3 is 2.56 bits per heavy atom. The van der Waals surface area contributed by atoms with E-state index in [4.69, 9.17) is 0 Å². The highest BCUT2D eigenvalue weighted by atomic mass is 79.9. The zero-order chi connectivity index (χ0) is 18.0. The lowest BCUT2D eigenvalue weighted by atomic mass is 10.2. The highest BCUT2D eigenvalue weighted by molar-refractivity contribution is 9.10. The zero-order valence-electron chi connectivity index (χ0n) is 14.3. The second-order valence-electron chi connectivity index (χ2n) is 6.69. The molecule has 2 aliphatic rings. The summed E-state index contributed by atoms with van der Waals surface area (Å²) in [5.74, 6) is -0.00194. The van der Waals surface area contributed by atoms with Gasteiger partial charge in [-0.2, -0.15) is 0 Å². The summed E-state index contributed by atoms with van der Waals surface area (Å²) in [5, 5.41) is 3.03. The van der Waals surface area contributed by atoms with Crippen LogP contribution in [0.4, 0.5) is 0 Å². The van der Waals surface area contributed by atoms with Crippen molar-refractivity contribution < 1.29 is 9.59 Å². The van der Waals surface area contributed by atoms with Gasteiger partial charge < -0.3 is 14.8 Å². The molecule has 2 amide bonds. The molecule has 1 aromatic heterocycles. The number of carbonyl (C=O) groups excluding carboxylic acids is 2. The summed E-state index contributed by atoms with van der Waals surface area (Å²) in [6.07, 6.45) is 3.78. The number of amides is 2. The third-order valence-electron chi connectivity index (χ3n) is 4.77. The number of hydrogen-bond acceptors (Lipinski definition) is 4. The topological polar surface area (TPSA) is 74.7 Å². The number of nitrogens with one attached hydrogen (secondary N) is 1. The third-order valence-corrected chi connectivity index (χ3v) is 5.24. The van der Waals surface area contributed by atoms with E-state index in [0.717, 1.165) is 17.3 Å². The van der Waals surface area contributed by atoms with E-state index < -0.39 is 0 Å². The van der Waals surface area contributed by atoms with E-state index in [-0.39, 0.29) is 30.0 Å². The first-order valence-electron chi connectivity index (χ1n) is 8.62. The van der Waals surface area contributed by atoms with Crippen LogP contribution >= 0.6 is 15.9 Å². The molecule has 7 nitrogen and oxygen atoms in total. The normalized spacial score (nSPS) is 19.5. The molecule has 1 aliphatic carbocycles. The molecular formula is C17H23BrN4O3. The Bertz CT molecular complexity index is 708. The van der Waals surface area contributed by atoms with Gasteiger partial charge in [-0.25, -0.2) is 0 Å². The van der Waals surface area contributed by atoms with Crippen molar-refractivity contribution in [2.24, 2.45) is 0 Å². The minimum absolute atomic E-state index is 0.0377. The molecule has 1 saturated carbocycles. The maximum Gasteiger partial charge on any atom is 0.251 e. The first kappa shape index (κ1) is 18.1. The number of carbonyl (C=O) groups is 2. The summed E-state index contributed by atoms with van der Waals surface area (Å²) in [4.78, 5) is 40.3. The van der Waals surface area contributed by atoms with Gasteiger partial charge in [-0.15, -0.1) is 0 Å². The van der Waals surface area contributed by atoms with Crippen LogP contribution in [-0.4, -0.2) is 64.4 Å². The molecule has 1 aromatic rings. The van der Waals surface area contributed by atoms with Crippen LogP contribution in [0.15, 0.2) is 27.6 Å². The first-order valence-corrected chi connectivity index (χ1v) is 9.41. The van der Waals surface area contributed by atoms with Crippen molar-refractivity contribution in [3.05, 3.63) is 33.2 Å². The zero-order valence-corrected chi connectivity index (χ0v) is 15.9. The van der Waals surface area contributed by atoms with Crippen molar-refractivity contribution in [2.45, 2.75) is 38.4 Å². The fraction of sp³-hybridized carbons (Fsp3) is 0.588. The van der Waals surface area contributed by atoms with Gasteiger partial charge in [-0.1, -0.05) is 0 Å². The van der Waals surface area contributed by atoms with Crippen molar-refractivity contribution >= 4 is 27.7 Å². The number of aromatic nitrogens is 1. The molecule has 2 heterocycles. The predicted octanol–water partition coefficient (Wildman–Crippen LogP) is 0.422. The van der Waals surface area contributed by atoms with Crippen LogP contribution in [0.2, 0.25) is 0 Å². The second-order valence-corrected chi connectivity index (χ2v) is 7.60. The van der Waals surface area contributed by atoms with Crippen molar-refractivity contribution in [1.82, 2.24) is 19.7 Å². The Morgan fingerprint density at radius 2 is 1.92 bits per heavy atom. The molecule has 1 atom stereocenters. The minimum Gasteiger partial charge on any atom is -0.352 e. The monoisotopic (exact) mass is 410 g/mol. The molecule has 1 aliphatic heterocycles. The summed E-state index contributed by atoms with van der Waals surface area (Å²) < 4.78 is 2.17. The summed E-state index contributed by atoms with van der Waals surface area (Å²) in [6.45, 7) is 4.42. The molecule has 0 aromatic carbocycles. The summed E-state index contributed by atoms with van der Waals surface area (Å²) in [6, 6.07) is 3.29. The minimum atomic E-state index is -0.194. The molecule has 3 rings (SSSR count). The molecule has 1 N–H and O–H groups in total. The molecule has 0 bridgehead atoms. The smallest absolute Gasteiger partial charge is 0.251 e. The SMILES string of the molecule is CC(C(=O)NC1CC1)N1CCN(C(=O)Cn2cc(Br)ccc2=O)CC1. The molecule has 2 fully saturated rings. The van der Waals surface area contributed by atoms with Gasteiger partial charge in [0.1, 0.15) is 6.54 Å². The molecule has 136 valence electrons. The second kappa shape index (κ2) is 7.70. The maximum absolute atomic E-state index is 12.4. The van der Waals surface area contributed by atoms with E-state index in [1.54, 1.807) is 17.2 Å². The number of hydrogen-bond donors (Lipinski definition) is 1. The Hall–Kier alpha value is -1.67.